The average Bonchev–Trinajstić information content (AvgIpc) is 2.73. The van der Waals surface area contributed by atoms with Crippen LogP contribution in [0.4, 0.5) is 10.5 Å². The maximum atomic E-state index is 11.8. The molecule has 29 heavy (non-hydrogen) atoms. The highest BCUT2D eigenvalue weighted by molar-refractivity contribution is 6.10. The number of carbonyl (C=O) groups is 1. The Hall–Kier alpha value is -3.73. The second-order valence-corrected chi connectivity index (χ2v) is 6.75. The molecule has 0 spiro atoms. The highest BCUT2D eigenvalue weighted by atomic mass is 16.5. The van der Waals surface area contributed by atoms with Crippen LogP contribution in [-0.4, -0.2) is 17.7 Å². The molecule has 1 amide bonds. The Labute approximate surface area is 169 Å². The fourth-order valence-electron chi connectivity index (χ4n) is 3.27. The Kier molecular flexibility index (Phi) is 5.20. The van der Waals surface area contributed by atoms with Crippen LogP contribution in [0.1, 0.15) is 18.2 Å². The molecule has 4 aromatic rings. The number of nitrogens with zero attached hydrogens (tertiary/aromatic N) is 2. The van der Waals surface area contributed by atoms with Crippen LogP contribution >= 0.6 is 0 Å². The smallest absolute Gasteiger partial charge is 0.411 e. The fraction of sp³-hybridized carbons (Fsp3) is 0.125. The number of benzene rings is 2. The molecule has 0 radical (unpaired) electrons. The summed E-state index contributed by atoms with van der Waals surface area (Å²) in [6, 6.07) is 18.0. The minimum absolute atomic E-state index is 0.328. The molecule has 1 N–H and O–H groups in total. The van der Waals surface area contributed by atoms with Crippen molar-refractivity contribution in [2.24, 2.45) is 7.05 Å². The molecule has 4 rings (SSSR count). The van der Waals surface area contributed by atoms with E-state index < -0.39 is 6.09 Å². The fourth-order valence-corrected chi connectivity index (χ4v) is 3.27. The van der Waals surface area contributed by atoms with Gasteiger partial charge in [0.15, 0.2) is 12.4 Å². The summed E-state index contributed by atoms with van der Waals surface area (Å²) in [5.41, 5.74) is 3.55. The van der Waals surface area contributed by atoms with Crippen molar-refractivity contribution in [3.63, 3.8) is 0 Å². The molecule has 0 unspecified atom stereocenters. The molecule has 0 bridgehead atoms. The van der Waals surface area contributed by atoms with Crippen molar-refractivity contribution in [2.45, 2.75) is 6.92 Å². The van der Waals surface area contributed by atoms with E-state index in [9.17, 15) is 4.79 Å². The van der Waals surface area contributed by atoms with Gasteiger partial charge in [0.2, 0.25) is 0 Å². The standard InChI is InChI=1S/C24H21N3O2/c1-3-29-24(28)25-18-9-10-19-20-6-4-5-7-22(20)26-23(21(19)16-18)11-8-17-12-14-27(2)15-13-17/h4-16H,3H2,1-2H3/p+1. The Morgan fingerprint density at radius 1 is 1.03 bits per heavy atom. The summed E-state index contributed by atoms with van der Waals surface area (Å²) in [4.78, 5) is 16.7. The second-order valence-electron chi connectivity index (χ2n) is 6.75. The number of fused-ring (bicyclic) bond motifs is 3. The molecular formula is C24H22N3O2+. The van der Waals surface area contributed by atoms with Crippen LogP contribution in [0.5, 0.6) is 0 Å². The van der Waals surface area contributed by atoms with Crippen molar-refractivity contribution >= 4 is 45.6 Å². The van der Waals surface area contributed by atoms with E-state index in [1.807, 2.05) is 84.7 Å². The lowest BCUT2D eigenvalue weighted by molar-refractivity contribution is -0.671. The van der Waals surface area contributed by atoms with E-state index in [1.165, 1.54) is 0 Å². The first kappa shape index (κ1) is 18.6. The lowest BCUT2D eigenvalue weighted by Gasteiger charge is -2.10. The maximum absolute atomic E-state index is 11.8. The number of pyridine rings is 2. The van der Waals surface area contributed by atoms with Gasteiger partial charge in [-0.25, -0.2) is 14.3 Å². The van der Waals surface area contributed by atoms with Gasteiger partial charge in [-0.1, -0.05) is 30.3 Å². The van der Waals surface area contributed by atoms with Crippen molar-refractivity contribution in [2.75, 3.05) is 11.9 Å². The number of carbonyl (C=O) groups excluding carboxylic acids is 1. The predicted molar refractivity (Wildman–Crippen MR) is 116 cm³/mol. The summed E-state index contributed by atoms with van der Waals surface area (Å²) in [7, 11) is 1.99. The SMILES string of the molecule is CCOC(=O)Nc1ccc2c(c1)c(/C=C\c1cc[n+](C)cc1)nc1ccccc12. The van der Waals surface area contributed by atoms with Crippen LogP contribution < -0.4 is 9.88 Å². The first-order valence-electron chi connectivity index (χ1n) is 9.53. The highest BCUT2D eigenvalue weighted by Crippen LogP contribution is 2.30. The minimum atomic E-state index is -0.463. The van der Waals surface area contributed by atoms with E-state index in [2.05, 4.69) is 11.4 Å². The van der Waals surface area contributed by atoms with Crippen molar-refractivity contribution in [3.8, 4) is 0 Å². The number of hydrogen-bond donors (Lipinski definition) is 1. The molecule has 0 aliphatic rings. The Bertz CT molecular complexity index is 1210. The number of rotatable bonds is 4. The molecule has 0 aliphatic heterocycles. The number of hydrogen-bond acceptors (Lipinski definition) is 3. The topological polar surface area (TPSA) is 55.1 Å². The van der Waals surface area contributed by atoms with Gasteiger partial charge in [0.1, 0.15) is 7.05 Å². The molecule has 0 saturated heterocycles. The minimum Gasteiger partial charge on any atom is -0.450 e. The number of anilines is 1. The first-order chi connectivity index (χ1) is 14.1. The number of amides is 1. The first-order valence-corrected chi connectivity index (χ1v) is 9.53. The van der Waals surface area contributed by atoms with Gasteiger partial charge in [-0.2, -0.15) is 0 Å². The quantitative estimate of drug-likeness (QED) is 0.400. The Morgan fingerprint density at radius 2 is 1.83 bits per heavy atom. The van der Waals surface area contributed by atoms with Crippen molar-refractivity contribution in [1.82, 2.24) is 4.98 Å². The van der Waals surface area contributed by atoms with Gasteiger partial charge in [0, 0.05) is 28.6 Å². The zero-order chi connectivity index (χ0) is 20.2. The van der Waals surface area contributed by atoms with Gasteiger partial charge in [0.25, 0.3) is 0 Å². The van der Waals surface area contributed by atoms with Crippen LogP contribution in [-0.2, 0) is 11.8 Å². The van der Waals surface area contributed by atoms with Gasteiger partial charge >= 0.3 is 6.09 Å². The normalized spacial score (nSPS) is 11.2. The van der Waals surface area contributed by atoms with Gasteiger partial charge in [0.05, 0.1) is 17.8 Å². The van der Waals surface area contributed by atoms with Gasteiger partial charge < -0.3 is 4.74 Å². The molecule has 2 aromatic carbocycles. The zero-order valence-corrected chi connectivity index (χ0v) is 16.4. The van der Waals surface area contributed by atoms with Crippen molar-refractivity contribution in [3.05, 3.63) is 78.2 Å². The number of ether oxygens (including phenoxy) is 1. The lowest BCUT2D eigenvalue weighted by Crippen LogP contribution is -2.25. The monoisotopic (exact) mass is 384 g/mol. The van der Waals surface area contributed by atoms with E-state index >= 15 is 0 Å². The van der Waals surface area contributed by atoms with Crippen LogP contribution in [0.3, 0.4) is 0 Å². The summed E-state index contributed by atoms with van der Waals surface area (Å²) in [5, 5.41) is 5.91. The molecule has 0 saturated carbocycles. The average molecular weight is 384 g/mol. The van der Waals surface area contributed by atoms with Crippen LogP contribution in [0, 0.1) is 0 Å². The van der Waals surface area contributed by atoms with Gasteiger partial charge in [-0.05, 0) is 42.1 Å². The zero-order valence-electron chi connectivity index (χ0n) is 16.4. The summed E-state index contributed by atoms with van der Waals surface area (Å²) in [5.74, 6) is 0. The summed E-state index contributed by atoms with van der Waals surface area (Å²) >= 11 is 0. The molecule has 0 aliphatic carbocycles. The molecule has 0 fully saturated rings. The van der Waals surface area contributed by atoms with Crippen LogP contribution in [0.25, 0.3) is 33.8 Å². The third-order valence-electron chi connectivity index (χ3n) is 4.69. The van der Waals surface area contributed by atoms with E-state index in [0.29, 0.717) is 12.3 Å². The molecule has 2 heterocycles. The van der Waals surface area contributed by atoms with Crippen molar-refractivity contribution in [1.29, 1.82) is 0 Å². The molecule has 0 atom stereocenters. The number of aryl methyl sites for hydroxylation is 1. The predicted octanol–water partition coefficient (Wildman–Crippen LogP) is 4.95. The number of aromatic nitrogens is 2. The third kappa shape index (κ3) is 4.09. The summed E-state index contributed by atoms with van der Waals surface area (Å²) in [6.45, 7) is 2.11. The highest BCUT2D eigenvalue weighted by Gasteiger charge is 2.09. The Morgan fingerprint density at radius 3 is 2.62 bits per heavy atom. The van der Waals surface area contributed by atoms with E-state index in [-0.39, 0.29) is 0 Å². The van der Waals surface area contributed by atoms with Crippen LogP contribution in [0.15, 0.2) is 67.0 Å². The van der Waals surface area contributed by atoms with Gasteiger partial charge in [-0.15, -0.1) is 0 Å². The van der Waals surface area contributed by atoms with E-state index in [4.69, 9.17) is 9.72 Å². The van der Waals surface area contributed by atoms with E-state index in [0.717, 1.165) is 32.9 Å². The van der Waals surface area contributed by atoms with E-state index in [1.54, 1.807) is 6.92 Å². The number of para-hydroxylation sites is 1. The summed E-state index contributed by atoms with van der Waals surface area (Å²) < 4.78 is 6.99. The largest absolute Gasteiger partial charge is 0.450 e. The lowest BCUT2D eigenvalue weighted by atomic mass is 10.0. The van der Waals surface area contributed by atoms with Crippen LogP contribution in [0.2, 0.25) is 0 Å². The molecular weight excluding hydrogens is 362 g/mol. The number of nitrogens with one attached hydrogen (secondary N) is 1. The maximum Gasteiger partial charge on any atom is 0.411 e. The van der Waals surface area contributed by atoms with Crippen molar-refractivity contribution < 1.29 is 14.1 Å². The molecule has 2 aromatic heterocycles. The van der Waals surface area contributed by atoms with Gasteiger partial charge in [-0.3, -0.25) is 5.32 Å². The summed E-state index contributed by atoms with van der Waals surface area (Å²) in [6.07, 6.45) is 7.61. The molecule has 144 valence electrons. The molecule has 5 heteroatoms. The Balaban J connectivity index is 1.82. The second kappa shape index (κ2) is 8.10. The third-order valence-corrected chi connectivity index (χ3v) is 4.69. The molecule has 5 nitrogen and oxygen atoms in total.